The third kappa shape index (κ3) is 4.59. The van der Waals surface area contributed by atoms with Crippen LogP contribution in [0.3, 0.4) is 0 Å². The summed E-state index contributed by atoms with van der Waals surface area (Å²) in [6.45, 7) is 7.09. The molecule has 19 heavy (non-hydrogen) atoms. The summed E-state index contributed by atoms with van der Waals surface area (Å²) >= 11 is 1.11. The van der Waals surface area contributed by atoms with Gasteiger partial charge in [0.05, 0.1) is 5.75 Å². The minimum atomic E-state index is -0.959. The fourth-order valence-electron chi connectivity index (χ4n) is 1.45. The number of hydrogen-bond acceptors (Lipinski definition) is 3. The number of thioether (sulfide) groups is 1. The lowest BCUT2D eigenvalue weighted by Crippen LogP contribution is -2.29. The molecule has 0 radical (unpaired) electrons. The van der Waals surface area contributed by atoms with Crippen molar-refractivity contribution in [2.24, 2.45) is 0 Å². The Hall–Kier alpha value is -1.49. The van der Waals surface area contributed by atoms with Crippen LogP contribution in [0.2, 0.25) is 0 Å². The molecule has 0 saturated carbocycles. The van der Waals surface area contributed by atoms with Gasteiger partial charge in [0, 0.05) is 5.69 Å². The molecule has 0 heterocycles. The number of carboxylic acids is 1. The van der Waals surface area contributed by atoms with E-state index in [1.54, 1.807) is 13.8 Å². The fourth-order valence-corrected chi connectivity index (χ4v) is 2.14. The Bertz CT molecular complexity index is 497. The SMILES string of the molecule is Cc1ccc(NC(=O)CSC(C)(C)C(=O)O)c(C)c1. The van der Waals surface area contributed by atoms with Crippen molar-refractivity contribution in [3.05, 3.63) is 29.3 Å². The van der Waals surface area contributed by atoms with E-state index in [4.69, 9.17) is 5.11 Å². The molecule has 104 valence electrons. The van der Waals surface area contributed by atoms with E-state index in [1.165, 1.54) is 0 Å². The molecule has 0 aliphatic rings. The average molecular weight is 281 g/mol. The molecule has 5 heteroatoms. The molecule has 1 aromatic carbocycles. The van der Waals surface area contributed by atoms with Crippen LogP contribution >= 0.6 is 11.8 Å². The summed E-state index contributed by atoms with van der Waals surface area (Å²) in [6.07, 6.45) is 0. The zero-order valence-corrected chi connectivity index (χ0v) is 12.4. The van der Waals surface area contributed by atoms with E-state index in [0.717, 1.165) is 28.6 Å². The van der Waals surface area contributed by atoms with Crippen LogP contribution in [-0.4, -0.2) is 27.5 Å². The number of hydrogen-bond donors (Lipinski definition) is 2. The van der Waals surface area contributed by atoms with E-state index in [9.17, 15) is 9.59 Å². The van der Waals surface area contributed by atoms with Crippen LogP contribution in [0, 0.1) is 13.8 Å². The summed E-state index contributed by atoms with van der Waals surface area (Å²) < 4.78 is -0.959. The molecule has 0 aromatic heterocycles. The van der Waals surface area contributed by atoms with Gasteiger partial charge >= 0.3 is 5.97 Å². The number of aryl methyl sites for hydroxylation is 2. The van der Waals surface area contributed by atoms with E-state index in [-0.39, 0.29) is 11.7 Å². The predicted molar refractivity (Wildman–Crippen MR) is 78.7 cm³/mol. The second-order valence-corrected chi connectivity index (χ2v) is 6.57. The highest BCUT2D eigenvalue weighted by Crippen LogP contribution is 2.25. The summed E-state index contributed by atoms with van der Waals surface area (Å²) in [5.74, 6) is -0.991. The van der Waals surface area contributed by atoms with Crippen LogP contribution in [0.25, 0.3) is 0 Å². The predicted octanol–water partition coefficient (Wildman–Crippen LogP) is 2.84. The molecule has 0 fully saturated rings. The maximum absolute atomic E-state index is 11.8. The Balaban J connectivity index is 2.59. The highest BCUT2D eigenvalue weighted by molar-refractivity contribution is 8.02. The van der Waals surface area contributed by atoms with Gasteiger partial charge in [0.15, 0.2) is 0 Å². The maximum Gasteiger partial charge on any atom is 0.319 e. The highest BCUT2D eigenvalue weighted by atomic mass is 32.2. The number of aliphatic carboxylic acids is 1. The molecule has 0 spiro atoms. The van der Waals surface area contributed by atoms with Gasteiger partial charge in [-0.1, -0.05) is 17.7 Å². The first kappa shape index (κ1) is 15.6. The highest BCUT2D eigenvalue weighted by Gasteiger charge is 2.28. The second kappa shape index (κ2) is 6.10. The van der Waals surface area contributed by atoms with Gasteiger partial charge in [0.25, 0.3) is 0 Å². The lowest BCUT2D eigenvalue weighted by atomic mass is 10.1. The molecule has 0 saturated heterocycles. The molecule has 0 aliphatic heterocycles. The van der Waals surface area contributed by atoms with E-state index in [2.05, 4.69) is 5.32 Å². The average Bonchev–Trinajstić information content (AvgIpc) is 2.30. The minimum absolute atomic E-state index is 0.118. The van der Waals surface area contributed by atoms with Gasteiger partial charge in [-0.2, -0.15) is 0 Å². The molecule has 1 rings (SSSR count). The van der Waals surface area contributed by atoms with Crippen molar-refractivity contribution in [2.75, 3.05) is 11.1 Å². The molecule has 0 bridgehead atoms. The lowest BCUT2D eigenvalue weighted by Gasteiger charge is -2.18. The van der Waals surface area contributed by atoms with Gasteiger partial charge in [0.2, 0.25) is 5.91 Å². The van der Waals surface area contributed by atoms with E-state index in [0.29, 0.717) is 0 Å². The molecular weight excluding hydrogens is 262 g/mol. The van der Waals surface area contributed by atoms with E-state index < -0.39 is 10.7 Å². The summed E-state index contributed by atoms with van der Waals surface area (Å²) in [4.78, 5) is 22.7. The van der Waals surface area contributed by atoms with Crippen molar-refractivity contribution in [1.82, 2.24) is 0 Å². The maximum atomic E-state index is 11.8. The van der Waals surface area contributed by atoms with Crippen LogP contribution in [0.15, 0.2) is 18.2 Å². The van der Waals surface area contributed by atoms with Gasteiger partial charge in [-0.3, -0.25) is 9.59 Å². The number of carboxylic acid groups (broad SMARTS) is 1. The summed E-state index contributed by atoms with van der Waals surface area (Å²) in [7, 11) is 0. The van der Waals surface area contributed by atoms with Crippen LogP contribution in [0.1, 0.15) is 25.0 Å². The first-order valence-electron chi connectivity index (χ1n) is 5.97. The van der Waals surface area contributed by atoms with Gasteiger partial charge < -0.3 is 10.4 Å². The smallest absolute Gasteiger partial charge is 0.319 e. The molecule has 0 unspecified atom stereocenters. The Morgan fingerprint density at radius 1 is 1.32 bits per heavy atom. The third-order valence-corrected chi connectivity index (χ3v) is 4.04. The Morgan fingerprint density at radius 2 is 1.95 bits per heavy atom. The lowest BCUT2D eigenvalue weighted by molar-refractivity contribution is -0.138. The van der Waals surface area contributed by atoms with E-state index >= 15 is 0 Å². The quantitative estimate of drug-likeness (QED) is 0.871. The van der Waals surface area contributed by atoms with Crippen LogP contribution in [0.5, 0.6) is 0 Å². The van der Waals surface area contributed by atoms with Crippen molar-refractivity contribution < 1.29 is 14.7 Å². The molecule has 1 amide bonds. The monoisotopic (exact) mass is 281 g/mol. The first-order valence-corrected chi connectivity index (χ1v) is 6.95. The molecule has 2 N–H and O–H groups in total. The van der Waals surface area contributed by atoms with Crippen molar-refractivity contribution in [1.29, 1.82) is 0 Å². The number of carbonyl (C=O) groups excluding carboxylic acids is 1. The van der Waals surface area contributed by atoms with Gasteiger partial charge in [-0.15, -0.1) is 11.8 Å². The summed E-state index contributed by atoms with van der Waals surface area (Å²) in [5.41, 5.74) is 2.90. The zero-order valence-electron chi connectivity index (χ0n) is 11.6. The molecule has 4 nitrogen and oxygen atoms in total. The van der Waals surface area contributed by atoms with Crippen molar-refractivity contribution in [2.45, 2.75) is 32.4 Å². The largest absolute Gasteiger partial charge is 0.480 e. The minimum Gasteiger partial charge on any atom is -0.480 e. The molecular formula is C14H19NO3S. The van der Waals surface area contributed by atoms with Gasteiger partial charge in [0.1, 0.15) is 4.75 Å². The number of nitrogens with one attached hydrogen (secondary N) is 1. The van der Waals surface area contributed by atoms with Crippen LogP contribution in [0.4, 0.5) is 5.69 Å². The van der Waals surface area contributed by atoms with E-state index in [1.807, 2.05) is 32.0 Å². The topological polar surface area (TPSA) is 66.4 Å². The van der Waals surface area contributed by atoms with Gasteiger partial charge in [-0.25, -0.2) is 0 Å². The van der Waals surface area contributed by atoms with Crippen molar-refractivity contribution >= 4 is 29.3 Å². The molecule has 1 aromatic rings. The Labute approximate surface area is 117 Å². The summed E-state index contributed by atoms with van der Waals surface area (Å²) in [5, 5.41) is 11.8. The summed E-state index contributed by atoms with van der Waals surface area (Å²) in [6, 6.07) is 5.77. The number of rotatable bonds is 5. The van der Waals surface area contributed by atoms with Crippen LogP contribution in [-0.2, 0) is 9.59 Å². The number of benzene rings is 1. The first-order chi connectivity index (χ1) is 8.72. The van der Waals surface area contributed by atoms with Crippen LogP contribution < -0.4 is 5.32 Å². The number of amides is 1. The number of anilines is 1. The normalized spacial score (nSPS) is 11.2. The van der Waals surface area contributed by atoms with Gasteiger partial charge in [-0.05, 0) is 39.3 Å². The third-order valence-electron chi connectivity index (χ3n) is 2.74. The van der Waals surface area contributed by atoms with Crippen molar-refractivity contribution in [3.63, 3.8) is 0 Å². The number of carbonyl (C=O) groups is 2. The Kier molecular flexibility index (Phi) is 5.00. The zero-order chi connectivity index (χ0) is 14.6. The second-order valence-electron chi connectivity index (χ2n) is 4.97. The fraction of sp³-hybridized carbons (Fsp3) is 0.429. The van der Waals surface area contributed by atoms with Crippen molar-refractivity contribution in [3.8, 4) is 0 Å². The molecule has 0 aliphatic carbocycles. The molecule has 0 atom stereocenters. The Morgan fingerprint density at radius 3 is 2.47 bits per heavy atom. The standard InChI is InChI=1S/C14H19NO3S/c1-9-5-6-11(10(2)7-9)15-12(16)8-19-14(3,4)13(17)18/h5-7H,8H2,1-4H3,(H,15,16)(H,17,18).